The van der Waals surface area contributed by atoms with Gasteiger partial charge in [0.25, 0.3) is 0 Å². The lowest BCUT2D eigenvalue weighted by Crippen LogP contribution is -2.19. The summed E-state index contributed by atoms with van der Waals surface area (Å²) in [4.78, 5) is 9.97. The largest absolute Gasteiger partial charge is 0.506 e. The SMILES string of the molecule is C=CC(C)C(C)OC(=O)O. The lowest BCUT2D eigenvalue weighted by Gasteiger charge is -2.14. The minimum absolute atomic E-state index is 0.0658. The molecule has 0 fully saturated rings. The Balaban J connectivity index is 3.71. The molecule has 2 atom stereocenters. The molecule has 0 spiro atoms. The molecule has 0 aliphatic rings. The highest BCUT2D eigenvalue weighted by Gasteiger charge is 2.12. The molecule has 3 heteroatoms. The van der Waals surface area contributed by atoms with Gasteiger partial charge in [0.2, 0.25) is 0 Å². The van der Waals surface area contributed by atoms with Crippen molar-refractivity contribution in [3.63, 3.8) is 0 Å². The molecule has 0 aliphatic heterocycles. The highest BCUT2D eigenvalue weighted by atomic mass is 16.7. The van der Waals surface area contributed by atoms with E-state index in [2.05, 4.69) is 11.3 Å². The van der Waals surface area contributed by atoms with Crippen molar-refractivity contribution in [1.29, 1.82) is 0 Å². The van der Waals surface area contributed by atoms with Crippen LogP contribution in [0.25, 0.3) is 0 Å². The molecular formula is C7H12O3. The fourth-order valence-corrected chi connectivity index (χ4v) is 0.458. The number of carboxylic acid groups (broad SMARTS) is 1. The average Bonchev–Trinajstić information content (AvgIpc) is 1.85. The third-order valence-corrected chi connectivity index (χ3v) is 1.40. The van der Waals surface area contributed by atoms with E-state index in [4.69, 9.17) is 5.11 Å². The minimum Gasteiger partial charge on any atom is -0.450 e. The Morgan fingerprint density at radius 1 is 1.70 bits per heavy atom. The third-order valence-electron chi connectivity index (χ3n) is 1.40. The Morgan fingerprint density at radius 3 is 2.50 bits per heavy atom. The smallest absolute Gasteiger partial charge is 0.450 e. The molecule has 10 heavy (non-hydrogen) atoms. The van der Waals surface area contributed by atoms with Gasteiger partial charge in [-0.05, 0) is 6.92 Å². The van der Waals surface area contributed by atoms with Crippen LogP contribution in [-0.4, -0.2) is 17.4 Å². The lowest BCUT2D eigenvalue weighted by molar-refractivity contribution is 0.0454. The van der Waals surface area contributed by atoms with Crippen LogP contribution in [0.1, 0.15) is 13.8 Å². The van der Waals surface area contributed by atoms with Gasteiger partial charge in [-0.3, -0.25) is 0 Å². The number of hydrogen-bond donors (Lipinski definition) is 1. The standard InChI is InChI=1S/C7H12O3/c1-4-5(2)6(3)10-7(8)9/h4-6H,1H2,2-3H3,(H,8,9). The third kappa shape index (κ3) is 3.12. The first-order chi connectivity index (χ1) is 4.57. The molecule has 0 saturated heterocycles. The molecule has 0 saturated carbocycles. The Morgan fingerprint density at radius 2 is 2.20 bits per heavy atom. The van der Waals surface area contributed by atoms with E-state index in [-0.39, 0.29) is 12.0 Å². The molecule has 0 bridgehead atoms. The van der Waals surface area contributed by atoms with Crippen LogP contribution in [0.4, 0.5) is 4.79 Å². The Hall–Kier alpha value is -0.990. The predicted octanol–water partition coefficient (Wildman–Crippen LogP) is 1.89. The van der Waals surface area contributed by atoms with Crippen molar-refractivity contribution in [2.75, 3.05) is 0 Å². The van der Waals surface area contributed by atoms with Crippen LogP contribution in [0.2, 0.25) is 0 Å². The van der Waals surface area contributed by atoms with Crippen LogP contribution >= 0.6 is 0 Å². The van der Waals surface area contributed by atoms with Crippen LogP contribution in [0.3, 0.4) is 0 Å². The first-order valence-corrected chi connectivity index (χ1v) is 3.10. The van der Waals surface area contributed by atoms with Gasteiger partial charge in [0.15, 0.2) is 0 Å². The number of hydrogen-bond acceptors (Lipinski definition) is 2. The number of ether oxygens (including phenoxy) is 1. The molecule has 3 nitrogen and oxygen atoms in total. The molecule has 0 aromatic rings. The van der Waals surface area contributed by atoms with Crippen molar-refractivity contribution in [1.82, 2.24) is 0 Å². The quantitative estimate of drug-likeness (QED) is 0.486. The fourth-order valence-electron chi connectivity index (χ4n) is 0.458. The van der Waals surface area contributed by atoms with E-state index in [1.165, 1.54) is 0 Å². The van der Waals surface area contributed by atoms with E-state index in [1.807, 2.05) is 6.92 Å². The molecule has 0 radical (unpaired) electrons. The number of rotatable bonds is 3. The van der Waals surface area contributed by atoms with Crippen molar-refractivity contribution >= 4 is 6.16 Å². The highest BCUT2D eigenvalue weighted by molar-refractivity contribution is 5.57. The van der Waals surface area contributed by atoms with E-state index < -0.39 is 6.16 Å². The summed E-state index contributed by atoms with van der Waals surface area (Å²) in [7, 11) is 0. The van der Waals surface area contributed by atoms with Crippen molar-refractivity contribution in [3.05, 3.63) is 12.7 Å². The van der Waals surface area contributed by atoms with E-state index >= 15 is 0 Å². The van der Waals surface area contributed by atoms with Gasteiger partial charge in [-0.15, -0.1) is 6.58 Å². The van der Waals surface area contributed by atoms with Gasteiger partial charge in [0.1, 0.15) is 6.10 Å². The van der Waals surface area contributed by atoms with Crippen LogP contribution in [-0.2, 0) is 4.74 Å². The molecule has 0 amide bonds. The van der Waals surface area contributed by atoms with Crippen LogP contribution in [0.5, 0.6) is 0 Å². The van der Waals surface area contributed by atoms with Crippen molar-refractivity contribution in [2.24, 2.45) is 5.92 Å². The molecule has 1 N–H and O–H groups in total. The summed E-state index contributed by atoms with van der Waals surface area (Å²) in [6.45, 7) is 7.06. The highest BCUT2D eigenvalue weighted by Crippen LogP contribution is 2.06. The zero-order chi connectivity index (χ0) is 8.15. The van der Waals surface area contributed by atoms with Gasteiger partial charge in [0, 0.05) is 5.92 Å². The second-order valence-electron chi connectivity index (χ2n) is 2.18. The monoisotopic (exact) mass is 144 g/mol. The van der Waals surface area contributed by atoms with Crippen molar-refractivity contribution < 1.29 is 14.6 Å². The lowest BCUT2D eigenvalue weighted by atomic mass is 10.1. The normalized spacial score (nSPS) is 15.4. The van der Waals surface area contributed by atoms with E-state index in [0.717, 1.165) is 0 Å². The number of carbonyl (C=O) groups is 1. The van der Waals surface area contributed by atoms with Gasteiger partial charge in [0.05, 0.1) is 0 Å². The van der Waals surface area contributed by atoms with Gasteiger partial charge in [-0.2, -0.15) is 0 Å². The molecule has 0 aliphatic carbocycles. The van der Waals surface area contributed by atoms with Gasteiger partial charge >= 0.3 is 6.16 Å². The van der Waals surface area contributed by atoms with Crippen molar-refractivity contribution in [3.8, 4) is 0 Å². The maximum atomic E-state index is 9.97. The maximum absolute atomic E-state index is 9.97. The molecule has 0 aromatic heterocycles. The van der Waals surface area contributed by atoms with Gasteiger partial charge in [-0.1, -0.05) is 13.0 Å². The first-order valence-electron chi connectivity index (χ1n) is 3.10. The maximum Gasteiger partial charge on any atom is 0.506 e. The van der Waals surface area contributed by atoms with E-state index in [0.29, 0.717) is 0 Å². The van der Waals surface area contributed by atoms with E-state index in [1.54, 1.807) is 13.0 Å². The molecule has 2 unspecified atom stereocenters. The summed E-state index contributed by atoms with van der Waals surface area (Å²) in [6, 6.07) is 0. The fraction of sp³-hybridized carbons (Fsp3) is 0.571. The zero-order valence-corrected chi connectivity index (χ0v) is 6.20. The van der Waals surface area contributed by atoms with E-state index in [9.17, 15) is 4.79 Å². The summed E-state index contributed by atoms with van der Waals surface area (Å²) in [5, 5.41) is 8.17. The topological polar surface area (TPSA) is 46.5 Å². The molecular weight excluding hydrogens is 132 g/mol. The van der Waals surface area contributed by atoms with Crippen molar-refractivity contribution in [2.45, 2.75) is 20.0 Å². The Labute approximate surface area is 60.3 Å². The second kappa shape index (κ2) is 3.93. The second-order valence-corrected chi connectivity index (χ2v) is 2.18. The summed E-state index contributed by atoms with van der Waals surface area (Å²) < 4.78 is 4.45. The average molecular weight is 144 g/mol. The molecule has 0 rings (SSSR count). The predicted molar refractivity (Wildman–Crippen MR) is 37.9 cm³/mol. The van der Waals surface area contributed by atoms with Crippen LogP contribution in [0.15, 0.2) is 12.7 Å². The zero-order valence-electron chi connectivity index (χ0n) is 6.20. The molecule has 0 heterocycles. The van der Waals surface area contributed by atoms with Crippen LogP contribution < -0.4 is 0 Å². The Bertz CT molecular complexity index is 131. The summed E-state index contributed by atoms with van der Waals surface area (Å²) in [5.41, 5.74) is 0. The van der Waals surface area contributed by atoms with Crippen LogP contribution in [0, 0.1) is 5.92 Å². The van der Waals surface area contributed by atoms with Gasteiger partial charge in [-0.25, -0.2) is 4.79 Å². The summed E-state index contributed by atoms with van der Waals surface area (Å²) in [5.74, 6) is 0.0658. The summed E-state index contributed by atoms with van der Waals surface area (Å²) >= 11 is 0. The summed E-state index contributed by atoms with van der Waals surface area (Å²) in [6.07, 6.45) is 0.115. The van der Waals surface area contributed by atoms with Gasteiger partial charge < -0.3 is 9.84 Å². The first kappa shape index (κ1) is 9.01. The molecule has 58 valence electrons. The minimum atomic E-state index is -1.23. The molecule has 0 aromatic carbocycles. The Kier molecular flexibility index (Phi) is 3.54.